The van der Waals surface area contributed by atoms with Crippen molar-refractivity contribution in [2.24, 2.45) is 0 Å². The molecule has 5 nitrogen and oxygen atoms in total. The van der Waals surface area contributed by atoms with Gasteiger partial charge in [-0.05, 0) is 26.3 Å². The second-order valence-electron chi connectivity index (χ2n) is 6.94. The fraction of sp³-hybridized carbons (Fsp3) is 0.632. The second kappa shape index (κ2) is 7.64. The van der Waals surface area contributed by atoms with Gasteiger partial charge in [-0.2, -0.15) is 0 Å². The van der Waals surface area contributed by atoms with Gasteiger partial charge in [0.2, 0.25) is 5.91 Å². The third kappa shape index (κ3) is 3.97. The number of hydrogen-bond acceptors (Lipinski definition) is 4. The molecule has 132 valence electrons. The Morgan fingerprint density at radius 3 is 2.46 bits per heavy atom. The lowest BCUT2D eigenvalue weighted by Gasteiger charge is -2.41. The maximum absolute atomic E-state index is 12.9. The van der Waals surface area contributed by atoms with Crippen molar-refractivity contribution in [1.82, 2.24) is 9.80 Å². The summed E-state index contributed by atoms with van der Waals surface area (Å²) in [6.45, 7) is 9.65. The molecule has 0 radical (unpaired) electrons. The van der Waals surface area contributed by atoms with Gasteiger partial charge >= 0.3 is 0 Å². The van der Waals surface area contributed by atoms with Crippen LogP contribution in [0, 0.1) is 0 Å². The number of nitrogens with zero attached hydrogens (tertiary/aromatic N) is 2. The zero-order chi connectivity index (χ0) is 17.1. The number of carbonyl (C=O) groups excluding carboxylic acids is 1. The predicted molar refractivity (Wildman–Crippen MR) is 92.8 cm³/mol. The molecule has 3 rings (SSSR count). The molecule has 4 unspecified atom stereocenters. The van der Waals surface area contributed by atoms with Gasteiger partial charge in [0.25, 0.3) is 0 Å². The van der Waals surface area contributed by atoms with Crippen LogP contribution in [0.15, 0.2) is 30.3 Å². The molecular formula is C19H28N2O3. The van der Waals surface area contributed by atoms with E-state index in [0.717, 1.165) is 13.1 Å². The van der Waals surface area contributed by atoms with Crippen molar-refractivity contribution < 1.29 is 14.3 Å². The largest absolute Gasteiger partial charge is 0.372 e. The SMILES string of the molecule is CC1CN(C(=O)C(C)N2CCOC(c3ccccc3)C2)CC(C)O1. The van der Waals surface area contributed by atoms with Crippen LogP contribution in [0.3, 0.4) is 0 Å². The van der Waals surface area contributed by atoms with Crippen molar-refractivity contribution in [3.05, 3.63) is 35.9 Å². The van der Waals surface area contributed by atoms with Crippen molar-refractivity contribution in [2.45, 2.75) is 45.1 Å². The van der Waals surface area contributed by atoms with E-state index in [4.69, 9.17) is 9.47 Å². The van der Waals surface area contributed by atoms with E-state index in [1.54, 1.807) is 0 Å². The minimum atomic E-state index is -0.127. The van der Waals surface area contributed by atoms with E-state index in [9.17, 15) is 4.79 Å². The van der Waals surface area contributed by atoms with Gasteiger partial charge in [-0.3, -0.25) is 9.69 Å². The molecule has 0 spiro atoms. The van der Waals surface area contributed by atoms with Crippen molar-refractivity contribution in [3.8, 4) is 0 Å². The minimum absolute atomic E-state index is 0.0396. The molecule has 2 heterocycles. The molecule has 0 aliphatic carbocycles. The van der Waals surface area contributed by atoms with Crippen LogP contribution < -0.4 is 0 Å². The summed E-state index contributed by atoms with van der Waals surface area (Å²) in [6.07, 6.45) is 0.246. The fourth-order valence-electron chi connectivity index (χ4n) is 3.67. The highest BCUT2D eigenvalue weighted by Gasteiger charge is 2.33. The Hall–Kier alpha value is -1.43. The fourth-order valence-corrected chi connectivity index (χ4v) is 3.67. The maximum Gasteiger partial charge on any atom is 0.239 e. The monoisotopic (exact) mass is 332 g/mol. The smallest absolute Gasteiger partial charge is 0.239 e. The highest BCUT2D eigenvalue weighted by atomic mass is 16.5. The number of amides is 1. The van der Waals surface area contributed by atoms with E-state index >= 15 is 0 Å². The van der Waals surface area contributed by atoms with Crippen molar-refractivity contribution >= 4 is 5.91 Å². The molecule has 0 saturated carbocycles. The summed E-state index contributed by atoms with van der Waals surface area (Å²) in [5.41, 5.74) is 1.18. The van der Waals surface area contributed by atoms with Crippen LogP contribution in [0.2, 0.25) is 0 Å². The molecule has 0 bridgehead atoms. The van der Waals surface area contributed by atoms with Crippen molar-refractivity contribution in [2.75, 3.05) is 32.8 Å². The van der Waals surface area contributed by atoms with Gasteiger partial charge in [-0.15, -0.1) is 0 Å². The van der Waals surface area contributed by atoms with E-state index in [2.05, 4.69) is 17.0 Å². The predicted octanol–water partition coefficient (Wildman–Crippen LogP) is 2.08. The van der Waals surface area contributed by atoms with Crippen molar-refractivity contribution in [3.63, 3.8) is 0 Å². The number of rotatable bonds is 3. The lowest BCUT2D eigenvalue weighted by Crippen LogP contribution is -2.56. The summed E-state index contributed by atoms with van der Waals surface area (Å²) in [6, 6.07) is 10.1. The number of carbonyl (C=O) groups is 1. The Labute approximate surface area is 144 Å². The van der Waals surface area contributed by atoms with Crippen molar-refractivity contribution in [1.29, 1.82) is 0 Å². The van der Waals surface area contributed by atoms with Gasteiger partial charge in [0.15, 0.2) is 0 Å². The van der Waals surface area contributed by atoms with Crippen LogP contribution in [0.4, 0.5) is 0 Å². The van der Waals surface area contributed by atoms with E-state index in [0.29, 0.717) is 19.7 Å². The first-order valence-electron chi connectivity index (χ1n) is 8.89. The lowest BCUT2D eigenvalue weighted by molar-refractivity contribution is -0.151. The summed E-state index contributed by atoms with van der Waals surface area (Å²) < 4.78 is 11.7. The Balaban J connectivity index is 1.63. The molecule has 2 aliphatic heterocycles. The molecule has 0 N–H and O–H groups in total. The van der Waals surface area contributed by atoms with Crippen LogP contribution in [0.1, 0.15) is 32.4 Å². The molecule has 2 saturated heterocycles. The number of hydrogen-bond donors (Lipinski definition) is 0. The summed E-state index contributed by atoms with van der Waals surface area (Å²) in [4.78, 5) is 17.1. The first-order valence-corrected chi connectivity index (χ1v) is 8.89. The molecular weight excluding hydrogens is 304 g/mol. The summed E-state index contributed by atoms with van der Waals surface area (Å²) in [5.74, 6) is 0.200. The standard InChI is InChI=1S/C19H28N2O3/c1-14-11-21(12-15(2)24-14)19(22)16(3)20-9-10-23-18(13-20)17-7-5-4-6-8-17/h4-8,14-16,18H,9-13H2,1-3H3. The van der Waals surface area contributed by atoms with Crippen LogP contribution >= 0.6 is 0 Å². The Morgan fingerprint density at radius 1 is 1.12 bits per heavy atom. The van der Waals surface area contributed by atoms with Gasteiger partial charge < -0.3 is 14.4 Å². The van der Waals surface area contributed by atoms with Gasteiger partial charge in [0, 0.05) is 26.2 Å². The average molecular weight is 332 g/mol. The number of morpholine rings is 2. The van der Waals surface area contributed by atoms with Gasteiger partial charge in [0.1, 0.15) is 0 Å². The van der Waals surface area contributed by atoms with Crippen LogP contribution in [-0.4, -0.2) is 66.7 Å². The molecule has 1 amide bonds. The Bertz CT molecular complexity index is 541. The lowest BCUT2D eigenvalue weighted by atomic mass is 10.1. The molecule has 2 aliphatic rings. The van der Waals surface area contributed by atoms with Gasteiger partial charge in [0.05, 0.1) is 31.0 Å². The number of benzene rings is 1. The van der Waals surface area contributed by atoms with E-state index in [1.807, 2.05) is 43.9 Å². The maximum atomic E-state index is 12.9. The minimum Gasteiger partial charge on any atom is -0.372 e. The first kappa shape index (κ1) is 17.4. The Morgan fingerprint density at radius 2 is 1.79 bits per heavy atom. The summed E-state index contributed by atoms with van der Waals surface area (Å²) >= 11 is 0. The third-order valence-corrected chi connectivity index (χ3v) is 4.91. The topological polar surface area (TPSA) is 42.0 Å². The molecule has 1 aromatic rings. The highest BCUT2D eigenvalue weighted by Crippen LogP contribution is 2.24. The number of ether oxygens (including phenoxy) is 2. The molecule has 4 atom stereocenters. The van der Waals surface area contributed by atoms with Crippen LogP contribution in [-0.2, 0) is 14.3 Å². The molecule has 24 heavy (non-hydrogen) atoms. The van der Waals surface area contributed by atoms with E-state index in [-0.39, 0.29) is 30.3 Å². The van der Waals surface area contributed by atoms with Gasteiger partial charge in [-0.1, -0.05) is 30.3 Å². The molecule has 1 aromatic carbocycles. The van der Waals surface area contributed by atoms with E-state index in [1.165, 1.54) is 5.56 Å². The zero-order valence-corrected chi connectivity index (χ0v) is 14.9. The molecule has 5 heteroatoms. The average Bonchev–Trinajstić information content (AvgIpc) is 2.60. The molecule has 0 aromatic heterocycles. The molecule has 2 fully saturated rings. The first-order chi connectivity index (χ1) is 11.5. The zero-order valence-electron chi connectivity index (χ0n) is 14.9. The van der Waals surface area contributed by atoms with E-state index < -0.39 is 0 Å². The summed E-state index contributed by atoms with van der Waals surface area (Å²) in [7, 11) is 0. The highest BCUT2D eigenvalue weighted by molar-refractivity contribution is 5.81. The van der Waals surface area contributed by atoms with Crippen LogP contribution in [0.25, 0.3) is 0 Å². The second-order valence-corrected chi connectivity index (χ2v) is 6.94. The quantitative estimate of drug-likeness (QED) is 0.850. The Kier molecular flexibility index (Phi) is 5.54. The van der Waals surface area contributed by atoms with Gasteiger partial charge in [-0.25, -0.2) is 0 Å². The normalized spacial score (nSPS) is 30.1. The summed E-state index contributed by atoms with van der Waals surface area (Å²) in [5, 5.41) is 0. The third-order valence-electron chi connectivity index (χ3n) is 4.91. The van der Waals surface area contributed by atoms with Crippen LogP contribution in [0.5, 0.6) is 0 Å².